The van der Waals surface area contributed by atoms with Crippen LogP contribution in [0.2, 0.25) is 0 Å². The fraction of sp³-hybridized carbons (Fsp3) is 0.700. The van der Waals surface area contributed by atoms with Gasteiger partial charge in [-0.3, -0.25) is 4.79 Å². The number of terminal acetylenes is 1. The molecule has 0 bridgehead atoms. The molecule has 0 spiro atoms. The molecule has 0 saturated carbocycles. The fourth-order valence-corrected chi connectivity index (χ4v) is 0.809. The molecule has 0 rings (SSSR count). The first kappa shape index (κ1) is 11.0. The van der Waals surface area contributed by atoms with Gasteiger partial charge in [-0.1, -0.05) is 25.7 Å². The summed E-state index contributed by atoms with van der Waals surface area (Å²) in [4.78, 5) is 11.0. The van der Waals surface area contributed by atoms with Crippen molar-refractivity contribution in [2.45, 2.75) is 45.6 Å². The van der Waals surface area contributed by atoms with E-state index in [2.05, 4.69) is 12.8 Å². The van der Waals surface area contributed by atoms with E-state index >= 15 is 0 Å². The first-order chi connectivity index (χ1) is 5.70. The summed E-state index contributed by atoms with van der Waals surface area (Å²) in [5.41, 5.74) is 0. The van der Waals surface area contributed by atoms with Gasteiger partial charge in [0.1, 0.15) is 0 Å². The van der Waals surface area contributed by atoms with Gasteiger partial charge in [-0.05, 0) is 13.3 Å². The monoisotopic (exact) mass is 168 g/mol. The molecular weight excluding hydrogens is 152 g/mol. The number of esters is 1. The molecule has 0 fully saturated rings. The van der Waals surface area contributed by atoms with Gasteiger partial charge in [0.2, 0.25) is 0 Å². The minimum Gasteiger partial charge on any atom is -0.449 e. The van der Waals surface area contributed by atoms with Crippen LogP contribution in [0.3, 0.4) is 0 Å². The Kier molecular flexibility index (Phi) is 6.18. The van der Waals surface area contributed by atoms with Crippen LogP contribution in [0.4, 0.5) is 0 Å². The number of unbranched alkanes of at least 4 members (excludes halogenated alkanes) is 2. The highest BCUT2D eigenvalue weighted by Crippen LogP contribution is 2.01. The lowest BCUT2D eigenvalue weighted by Crippen LogP contribution is -2.12. The molecule has 0 aliphatic heterocycles. The highest BCUT2D eigenvalue weighted by atomic mass is 16.5. The number of rotatable bonds is 5. The van der Waals surface area contributed by atoms with Crippen LogP contribution in [0.5, 0.6) is 0 Å². The summed E-state index contributed by atoms with van der Waals surface area (Å²) in [6.07, 6.45) is 8.22. The molecule has 0 saturated heterocycles. The van der Waals surface area contributed by atoms with Crippen LogP contribution < -0.4 is 0 Å². The third-order valence-electron chi connectivity index (χ3n) is 1.53. The number of hydrogen-bond acceptors (Lipinski definition) is 2. The molecule has 0 heterocycles. The fourth-order valence-electron chi connectivity index (χ4n) is 0.809. The maximum Gasteiger partial charge on any atom is 0.307 e. The third kappa shape index (κ3) is 5.79. The minimum absolute atomic E-state index is 0.186. The number of ether oxygens (including phenoxy) is 1. The van der Waals surface area contributed by atoms with E-state index in [4.69, 9.17) is 11.2 Å². The van der Waals surface area contributed by atoms with E-state index in [0.29, 0.717) is 6.42 Å². The summed E-state index contributed by atoms with van der Waals surface area (Å²) < 4.78 is 4.87. The average Bonchev–Trinajstić information content (AvgIpc) is 2.05. The predicted octanol–water partition coefficient (Wildman–Crippen LogP) is 2.13. The summed E-state index contributed by atoms with van der Waals surface area (Å²) in [6.45, 7) is 3.78. The summed E-state index contributed by atoms with van der Waals surface area (Å²) >= 11 is 0. The molecule has 0 aliphatic rings. The molecule has 0 aromatic rings. The largest absolute Gasteiger partial charge is 0.449 e. The van der Waals surface area contributed by atoms with Crippen LogP contribution in [0, 0.1) is 12.3 Å². The van der Waals surface area contributed by atoms with Crippen molar-refractivity contribution in [3.8, 4) is 12.3 Å². The van der Waals surface area contributed by atoms with Crippen LogP contribution in [0.1, 0.15) is 39.5 Å². The first-order valence-electron chi connectivity index (χ1n) is 4.36. The smallest absolute Gasteiger partial charge is 0.307 e. The van der Waals surface area contributed by atoms with E-state index in [0.717, 1.165) is 19.3 Å². The van der Waals surface area contributed by atoms with Gasteiger partial charge in [-0.2, -0.15) is 0 Å². The Hall–Kier alpha value is -0.970. The van der Waals surface area contributed by atoms with Crippen LogP contribution in [-0.4, -0.2) is 12.1 Å². The summed E-state index contributed by atoms with van der Waals surface area (Å²) in [7, 11) is 0. The van der Waals surface area contributed by atoms with Crippen LogP contribution >= 0.6 is 0 Å². The van der Waals surface area contributed by atoms with E-state index in [1.54, 1.807) is 6.92 Å². The second-order valence-electron chi connectivity index (χ2n) is 2.76. The van der Waals surface area contributed by atoms with Crippen molar-refractivity contribution >= 4 is 5.97 Å². The number of carbonyl (C=O) groups is 1. The molecule has 0 aliphatic carbocycles. The zero-order valence-corrected chi connectivity index (χ0v) is 7.80. The minimum atomic E-state index is -0.390. The zero-order valence-electron chi connectivity index (χ0n) is 7.80. The van der Waals surface area contributed by atoms with Crippen molar-refractivity contribution in [2.75, 3.05) is 0 Å². The van der Waals surface area contributed by atoms with Gasteiger partial charge in [0.15, 0.2) is 6.10 Å². The molecule has 0 aromatic carbocycles. The Labute approximate surface area is 74.3 Å². The van der Waals surface area contributed by atoms with Gasteiger partial charge in [0.25, 0.3) is 0 Å². The van der Waals surface area contributed by atoms with Crippen molar-refractivity contribution in [1.29, 1.82) is 0 Å². The van der Waals surface area contributed by atoms with Crippen molar-refractivity contribution in [3.05, 3.63) is 0 Å². The van der Waals surface area contributed by atoms with Gasteiger partial charge in [0, 0.05) is 6.42 Å². The zero-order chi connectivity index (χ0) is 9.40. The molecule has 1 unspecified atom stereocenters. The topological polar surface area (TPSA) is 26.3 Å². The molecule has 0 radical (unpaired) electrons. The molecular formula is C10H16O2. The van der Waals surface area contributed by atoms with E-state index in [1.165, 1.54) is 0 Å². The number of carbonyl (C=O) groups excluding carboxylic acids is 1. The summed E-state index contributed by atoms with van der Waals surface area (Å²) in [5.74, 6) is 2.16. The summed E-state index contributed by atoms with van der Waals surface area (Å²) in [6, 6.07) is 0. The second kappa shape index (κ2) is 6.72. The van der Waals surface area contributed by atoms with E-state index < -0.39 is 0 Å². The normalized spacial score (nSPS) is 11.8. The molecule has 0 aromatic heterocycles. The van der Waals surface area contributed by atoms with Gasteiger partial charge in [-0.15, -0.1) is 6.42 Å². The molecule has 0 amide bonds. The Morgan fingerprint density at radius 1 is 1.58 bits per heavy atom. The van der Waals surface area contributed by atoms with E-state index in [-0.39, 0.29) is 12.1 Å². The maximum atomic E-state index is 11.0. The molecule has 1 atom stereocenters. The average molecular weight is 168 g/mol. The molecule has 68 valence electrons. The van der Waals surface area contributed by atoms with Crippen molar-refractivity contribution in [3.63, 3.8) is 0 Å². The molecule has 0 N–H and O–H groups in total. The Morgan fingerprint density at radius 3 is 2.75 bits per heavy atom. The standard InChI is InChI=1S/C10H16O2/c1-4-6-7-8-10(11)12-9(3)5-2/h2,9H,4,6-8H2,1,3H3. The lowest BCUT2D eigenvalue weighted by atomic mass is 10.2. The van der Waals surface area contributed by atoms with Crippen LogP contribution in [-0.2, 0) is 9.53 Å². The van der Waals surface area contributed by atoms with E-state index in [9.17, 15) is 4.79 Å². The quantitative estimate of drug-likeness (QED) is 0.357. The van der Waals surface area contributed by atoms with Gasteiger partial charge < -0.3 is 4.74 Å². The Morgan fingerprint density at radius 2 is 2.25 bits per heavy atom. The lowest BCUT2D eigenvalue weighted by molar-refractivity contribution is -0.145. The molecule has 12 heavy (non-hydrogen) atoms. The Bertz CT molecular complexity index is 167. The molecule has 2 nitrogen and oxygen atoms in total. The molecule has 2 heteroatoms. The van der Waals surface area contributed by atoms with Gasteiger partial charge in [0.05, 0.1) is 0 Å². The first-order valence-corrected chi connectivity index (χ1v) is 4.36. The van der Waals surface area contributed by atoms with Gasteiger partial charge in [-0.25, -0.2) is 0 Å². The van der Waals surface area contributed by atoms with Crippen molar-refractivity contribution in [2.24, 2.45) is 0 Å². The van der Waals surface area contributed by atoms with Crippen molar-refractivity contribution in [1.82, 2.24) is 0 Å². The SMILES string of the molecule is C#CC(C)OC(=O)CCCCC. The maximum absolute atomic E-state index is 11.0. The van der Waals surface area contributed by atoms with Crippen LogP contribution in [0.15, 0.2) is 0 Å². The summed E-state index contributed by atoms with van der Waals surface area (Å²) in [5, 5.41) is 0. The van der Waals surface area contributed by atoms with Crippen LogP contribution in [0.25, 0.3) is 0 Å². The lowest BCUT2D eigenvalue weighted by Gasteiger charge is -2.05. The van der Waals surface area contributed by atoms with Crippen molar-refractivity contribution < 1.29 is 9.53 Å². The highest BCUT2D eigenvalue weighted by Gasteiger charge is 2.05. The number of hydrogen-bond donors (Lipinski definition) is 0. The predicted molar refractivity (Wildman–Crippen MR) is 48.5 cm³/mol. The highest BCUT2D eigenvalue weighted by molar-refractivity contribution is 5.69. The third-order valence-corrected chi connectivity index (χ3v) is 1.53. The van der Waals surface area contributed by atoms with E-state index in [1.807, 2.05) is 0 Å². The Balaban J connectivity index is 3.41. The van der Waals surface area contributed by atoms with Gasteiger partial charge >= 0.3 is 5.97 Å². The second-order valence-corrected chi connectivity index (χ2v) is 2.76.